The van der Waals surface area contributed by atoms with Crippen LogP contribution in [0.1, 0.15) is 30.9 Å². The molecule has 0 heterocycles. The summed E-state index contributed by atoms with van der Waals surface area (Å²) in [6.45, 7) is 4.29. The van der Waals surface area contributed by atoms with Crippen molar-refractivity contribution in [2.24, 2.45) is 0 Å². The van der Waals surface area contributed by atoms with E-state index < -0.39 is 0 Å². The second-order valence-electron chi connectivity index (χ2n) is 5.27. The lowest BCUT2D eigenvalue weighted by Crippen LogP contribution is -2.08. The van der Waals surface area contributed by atoms with Gasteiger partial charge >= 0.3 is 0 Å². The molecule has 2 nitrogen and oxygen atoms in total. The maximum absolute atomic E-state index is 11.9. The van der Waals surface area contributed by atoms with Crippen molar-refractivity contribution in [2.75, 3.05) is 5.32 Å². The van der Waals surface area contributed by atoms with E-state index >= 15 is 0 Å². The van der Waals surface area contributed by atoms with Crippen molar-refractivity contribution in [1.29, 1.82) is 0 Å². The number of hydrogen-bond donors (Lipinski definition) is 1. The van der Waals surface area contributed by atoms with Crippen LogP contribution in [0.4, 0.5) is 5.69 Å². The number of halogens is 2. The van der Waals surface area contributed by atoms with Gasteiger partial charge in [0.05, 0.1) is 10.7 Å². The predicted molar refractivity (Wildman–Crippen MR) is 94.7 cm³/mol. The summed E-state index contributed by atoms with van der Waals surface area (Å²) >= 11 is 11.8. The van der Waals surface area contributed by atoms with Crippen LogP contribution in [0.2, 0.25) is 10.0 Å². The fourth-order valence-corrected chi connectivity index (χ4v) is 2.38. The topological polar surface area (TPSA) is 29.1 Å². The van der Waals surface area contributed by atoms with E-state index in [1.807, 2.05) is 12.1 Å². The van der Waals surface area contributed by atoms with Gasteiger partial charge in [-0.05, 0) is 41.3 Å². The van der Waals surface area contributed by atoms with Gasteiger partial charge < -0.3 is 5.32 Å². The molecule has 114 valence electrons. The Balaban J connectivity index is 2.01. The molecule has 0 saturated heterocycles. The molecule has 0 aromatic heterocycles. The second-order valence-corrected chi connectivity index (χ2v) is 6.11. The van der Waals surface area contributed by atoms with Crippen LogP contribution in [-0.2, 0) is 4.79 Å². The Kier molecular flexibility index (Phi) is 5.64. The van der Waals surface area contributed by atoms with Crippen LogP contribution in [0.25, 0.3) is 6.08 Å². The minimum atomic E-state index is -0.239. The molecule has 0 aliphatic heterocycles. The van der Waals surface area contributed by atoms with Crippen molar-refractivity contribution in [3.05, 3.63) is 69.7 Å². The quantitative estimate of drug-likeness (QED) is 0.707. The number of rotatable bonds is 4. The molecule has 2 rings (SSSR count). The molecule has 0 bridgehead atoms. The van der Waals surface area contributed by atoms with Gasteiger partial charge in [0.15, 0.2) is 0 Å². The molecular formula is C18H17Cl2NO. The lowest BCUT2D eigenvalue weighted by Gasteiger charge is -2.06. The van der Waals surface area contributed by atoms with Crippen molar-refractivity contribution >= 4 is 40.9 Å². The van der Waals surface area contributed by atoms with Crippen LogP contribution in [0, 0.1) is 0 Å². The zero-order chi connectivity index (χ0) is 16.1. The van der Waals surface area contributed by atoms with Crippen LogP contribution in [0.5, 0.6) is 0 Å². The first kappa shape index (κ1) is 16.6. The van der Waals surface area contributed by atoms with Crippen molar-refractivity contribution in [3.8, 4) is 0 Å². The van der Waals surface area contributed by atoms with Gasteiger partial charge in [-0.2, -0.15) is 0 Å². The Bertz CT molecular complexity index is 691. The van der Waals surface area contributed by atoms with Gasteiger partial charge in [0.1, 0.15) is 0 Å². The molecule has 0 saturated carbocycles. The third kappa shape index (κ3) is 4.62. The van der Waals surface area contributed by atoms with Crippen LogP contribution in [0.3, 0.4) is 0 Å². The number of carbonyl (C=O) groups is 1. The molecule has 2 aromatic rings. The van der Waals surface area contributed by atoms with Crippen LogP contribution in [0.15, 0.2) is 48.5 Å². The molecular weight excluding hydrogens is 317 g/mol. The Morgan fingerprint density at radius 2 is 1.77 bits per heavy atom. The molecule has 0 unspecified atom stereocenters. The highest BCUT2D eigenvalue weighted by atomic mass is 35.5. The lowest BCUT2D eigenvalue weighted by molar-refractivity contribution is -0.111. The molecule has 1 amide bonds. The van der Waals surface area contributed by atoms with Crippen molar-refractivity contribution in [2.45, 2.75) is 19.8 Å². The van der Waals surface area contributed by atoms with E-state index in [-0.39, 0.29) is 5.91 Å². The monoisotopic (exact) mass is 333 g/mol. The smallest absolute Gasteiger partial charge is 0.248 e. The number of hydrogen-bond acceptors (Lipinski definition) is 1. The molecule has 2 aromatic carbocycles. The first-order valence-corrected chi connectivity index (χ1v) is 7.75. The molecule has 1 N–H and O–H groups in total. The zero-order valence-corrected chi connectivity index (χ0v) is 13.9. The predicted octanol–water partition coefficient (Wildman–Crippen LogP) is 5.77. The van der Waals surface area contributed by atoms with Crippen LogP contribution in [-0.4, -0.2) is 5.91 Å². The second kappa shape index (κ2) is 7.48. The van der Waals surface area contributed by atoms with E-state index in [9.17, 15) is 4.79 Å². The summed E-state index contributed by atoms with van der Waals surface area (Å²) in [6.07, 6.45) is 3.25. The Hall–Kier alpha value is -1.77. The van der Waals surface area contributed by atoms with Crippen LogP contribution < -0.4 is 5.32 Å². The van der Waals surface area contributed by atoms with Gasteiger partial charge in [0, 0.05) is 11.1 Å². The Morgan fingerprint density at radius 3 is 2.36 bits per heavy atom. The minimum absolute atomic E-state index is 0.239. The van der Waals surface area contributed by atoms with Crippen LogP contribution >= 0.6 is 23.2 Å². The fraction of sp³-hybridized carbons (Fsp3) is 0.167. The molecule has 0 atom stereocenters. The van der Waals surface area contributed by atoms with Gasteiger partial charge in [-0.25, -0.2) is 0 Å². The molecule has 0 aliphatic rings. The molecule has 0 aliphatic carbocycles. The maximum Gasteiger partial charge on any atom is 0.248 e. The van der Waals surface area contributed by atoms with Crippen molar-refractivity contribution in [3.63, 3.8) is 0 Å². The Morgan fingerprint density at radius 1 is 1.09 bits per heavy atom. The number of nitrogens with one attached hydrogen (secondary N) is 1. The van der Waals surface area contributed by atoms with Gasteiger partial charge in [-0.3, -0.25) is 4.79 Å². The Labute approximate surface area is 140 Å². The molecule has 0 fully saturated rings. The summed E-state index contributed by atoms with van der Waals surface area (Å²) in [4.78, 5) is 11.9. The van der Waals surface area contributed by atoms with E-state index in [0.29, 0.717) is 21.7 Å². The van der Waals surface area contributed by atoms with Gasteiger partial charge in [0.25, 0.3) is 0 Å². The summed E-state index contributed by atoms with van der Waals surface area (Å²) in [6, 6.07) is 13.1. The first-order valence-electron chi connectivity index (χ1n) is 7.00. The van der Waals surface area contributed by atoms with E-state index in [0.717, 1.165) is 5.56 Å². The molecule has 4 heteroatoms. The average Bonchev–Trinajstić information content (AvgIpc) is 2.48. The number of amides is 1. The van der Waals surface area contributed by atoms with E-state index in [1.165, 1.54) is 11.6 Å². The molecule has 0 radical (unpaired) electrons. The lowest BCUT2D eigenvalue weighted by atomic mass is 10.0. The van der Waals surface area contributed by atoms with Crippen molar-refractivity contribution < 1.29 is 4.79 Å². The van der Waals surface area contributed by atoms with E-state index in [2.05, 4.69) is 31.3 Å². The molecule has 0 spiro atoms. The normalized spacial score (nSPS) is 11.1. The van der Waals surface area contributed by atoms with Gasteiger partial charge in [-0.15, -0.1) is 0 Å². The number of carbonyl (C=O) groups excluding carboxylic acids is 1. The summed E-state index contributed by atoms with van der Waals surface area (Å²) in [5, 5.41) is 3.66. The fourth-order valence-electron chi connectivity index (χ4n) is 1.93. The van der Waals surface area contributed by atoms with E-state index in [4.69, 9.17) is 23.2 Å². The van der Waals surface area contributed by atoms with Gasteiger partial charge in [-0.1, -0.05) is 61.3 Å². The summed E-state index contributed by atoms with van der Waals surface area (Å²) in [7, 11) is 0. The number of benzene rings is 2. The SMILES string of the molecule is CC(C)c1ccc(/C=C\C(=O)Nc2ccc(Cl)cc2Cl)cc1. The van der Waals surface area contributed by atoms with Gasteiger partial charge in [0.2, 0.25) is 5.91 Å². The third-order valence-corrected chi connectivity index (χ3v) is 3.77. The standard InChI is InChI=1S/C18H17Cl2NO/c1-12(2)14-6-3-13(4-7-14)5-10-18(22)21-17-9-8-15(19)11-16(17)20/h3-12H,1-2H3,(H,21,22)/b10-5-. The zero-order valence-electron chi connectivity index (χ0n) is 12.4. The highest BCUT2D eigenvalue weighted by Crippen LogP contribution is 2.25. The largest absolute Gasteiger partial charge is 0.321 e. The number of anilines is 1. The third-order valence-electron chi connectivity index (χ3n) is 3.22. The highest BCUT2D eigenvalue weighted by molar-refractivity contribution is 6.36. The highest BCUT2D eigenvalue weighted by Gasteiger charge is 2.04. The maximum atomic E-state index is 11.9. The molecule has 22 heavy (non-hydrogen) atoms. The summed E-state index contributed by atoms with van der Waals surface area (Å²) in [5.41, 5.74) is 2.78. The average molecular weight is 334 g/mol. The summed E-state index contributed by atoms with van der Waals surface area (Å²) in [5.74, 6) is 0.255. The first-order chi connectivity index (χ1) is 10.5. The minimum Gasteiger partial charge on any atom is -0.321 e. The van der Waals surface area contributed by atoms with Crippen molar-refractivity contribution in [1.82, 2.24) is 0 Å². The van der Waals surface area contributed by atoms with E-state index in [1.54, 1.807) is 24.3 Å². The summed E-state index contributed by atoms with van der Waals surface area (Å²) < 4.78 is 0.